The first-order chi connectivity index (χ1) is 15.3. The Hall–Kier alpha value is -3.12. The van der Waals surface area contributed by atoms with Crippen LogP contribution in [-0.2, 0) is 12.0 Å². The van der Waals surface area contributed by atoms with Crippen LogP contribution in [0.15, 0.2) is 35.7 Å². The highest BCUT2D eigenvalue weighted by molar-refractivity contribution is 8.15. The Morgan fingerprint density at radius 3 is 2.81 bits per heavy atom. The third-order valence-corrected chi connectivity index (χ3v) is 8.08. The number of rotatable bonds is 4. The maximum Gasteiger partial charge on any atom is 0.164 e. The van der Waals surface area contributed by atoms with Gasteiger partial charge in [0, 0.05) is 28.8 Å². The predicted octanol–water partition coefficient (Wildman–Crippen LogP) is 4.21. The van der Waals surface area contributed by atoms with Crippen molar-refractivity contribution in [3.8, 4) is 6.07 Å². The summed E-state index contributed by atoms with van der Waals surface area (Å²) in [6.07, 6.45) is 4.81. The second-order valence-electron chi connectivity index (χ2n) is 8.51. The molecule has 0 unspecified atom stereocenters. The number of nitrogens with two attached hydrogens (primary N) is 1. The quantitative estimate of drug-likeness (QED) is 0.639. The van der Waals surface area contributed by atoms with Crippen LogP contribution in [0.1, 0.15) is 49.1 Å². The molecule has 0 radical (unpaired) electrons. The van der Waals surface area contributed by atoms with E-state index in [0.717, 1.165) is 12.8 Å². The molecule has 1 fully saturated rings. The van der Waals surface area contributed by atoms with Crippen LogP contribution in [0.25, 0.3) is 11.0 Å². The monoisotopic (exact) mass is 450 g/mol. The third kappa shape index (κ3) is 3.13. The van der Waals surface area contributed by atoms with E-state index in [0.29, 0.717) is 33.0 Å². The summed E-state index contributed by atoms with van der Waals surface area (Å²) in [4.78, 5) is 17.4. The number of pyridine rings is 1. The molecule has 1 saturated carbocycles. The van der Waals surface area contributed by atoms with Gasteiger partial charge in [-0.25, -0.2) is 18.7 Å². The normalized spacial score (nSPS) is 26.3. The van der Waals surface area contributed by atoms with Crippen LogP contribution in [0.3, 0.4) is 0 Å². The summed E-state index contributed by atoms with van der Waals surface area (Å²) < 4.78 is 29.8. The van der Waals surface area contributed by atoms with Crippen LogP contribution in [-0.4, -0.2) is 24.9 Å². The molecule has 2 aromatic heterocycles. The molecule has 3 atom stereocenters. The minimum Gasteiger partial charge on any atom is -0.378 e. The van der Waals surface area contributed by atoms with Gasteiger partial charge < -0.3 is 5.73 Å². The van der Waals surface area contributed by atoms with Crippen LogP contribution < -0.4 is 5.73 Å². The van der Waals surface area contributed by atoms with Crippen molar-refractivity contribution in [3.05, 3.63) is 64.7 Å². The zero-order chi connectivity index (χ0) is 22.7. The van der Waals surface area contributed by atoms with Crippen molar-refractivity contribution in [1.82, 2.24) is 15.0 Å². The highest BCUT2D eigenvalue weighted by Gasteiger charge is 2.65. The van der Waals surface area contributed by atoms with Crippen molar-refractivity contribution in [2.45, 2.75) is 43.4 Å². The molecule has 6 nitrogen and oxygen atoms in total. The number of aromatic nitrogens is 3. The number of nitrogens with zero attached hydrogens (tertiary/aromatic N) is 5. The molecular weight excluding hydrogens is 430 g/mol. The molecule has 2 N–H and O–H groups in total. The van der Waals surface area contributed by atoms with Gasteiger partial charge in [-0.05, 0) is 43.5 Å². The number of thioether (sulfide) groups is 1. The summed E-state index contributed by atoms with van der Waals surface area (Å²) in [5.74, 6) is -1.72. The number of hydrogen-bond donors (Lipinski definition) is 1. The van der Waals surface area contributed by atoms with E-state index in [4.69, 9.17) is 11.0 Å². The summed E-state index contributed by atoms with van der Waals surface area (Å²) in [6, 6.07) is 6.51. The van der Waals surface area contributed by atoms with Gasteiger partial charge >= 0.3 is 0 Å². The second-order valence-corrected chi connectivity index (χ2v) is 9.95. The van der Waals surface area contributed by atoms with Gasteiger partial charge in [0.15, 0.2) is 16.8 Å². The largest absolute Gasteiger partial charge is 0.378 e. The van der Waals surface area contributed by atoms with E-state index in [1.807, 2.05) is 13.0 Å². The molecule has 0 spiro atoms. The highest BCUT2D eigenvalue weighted by atomic mass is 32.2. The fourth-order valence-corrected chi connectivity index (χ4v) is 6.27. The van der Waals surface area contributed by atoms with E-state index in [1.165, 1.54) is 18.6 Å². The molecule has 5 rings (SSSR count). The molecule has 1 aliphatic carbocycles. The molecule has 1 aromatic carbocycles. The number of nitriles is 1. The molecule has 162 valence electrons. The van der Waals surface area contributed by atoms with E-state index >= 15 is 4.39 Å². The fraction of sp³-hybridized carbons (Fsp3) is 0.348. The first kappa shape index (κ1) is 20.8. The predicted molar refractivity (Wildman–Crippen MR) is 119 cm³/mol. The van der Waals surface area contributed by atoms with Crippen LogP contribution in [0.2, 0.25) is 0 Å². The second kappa shape index (κ2) is 7.20. The van der Waals surface area contributed by atoms with Crippen molar-refractivity contribution in [1.29, 1.82) is 5.26 Å². The Balaban J connectivity index is 1.58. The molecule has 0 saturated heterocycles. The van der Waals surface area contributed by atoms with Crippen LogP contribution in [0.4, 0.5) is 8.78 Å². The van der Waals surface area contributed by atoms with Crippen LogP contribution in [0, 0.1) is 28.9 Å². The lowest BCUT2D eigenvalue weighted by Crippen LogP contribution is -2.36. The fourth-order valence-electron chi connectivity index (χ4n) is 4.85. The summed E-state index contributed by atoms with van der Waals surface area (Å²) in [5, 5.41) is 9.49. The Labute approximate surface area is 188 Å². The van der Waals surface area contributed by atoms with Crippen LogP contribution >= 0.6 is 11.8 Å². The first-order valence-electron chi connectivity index (χ1n) is 10.3. The molecule has 9 heteroatoms. The van der Waals surface area contributed by atoms with Gasteiger partial charge in [-0.3, -0.25) is 9.98 Å². The van der Waals surface area contributed by atoms with Gasteiger partial charge in [0.2, 0.25) is 0 Å². The standard InChI is InChI=1S/C23H20F2N6S/c1-3-23-8-18(23)22(2,31-21(27)32-23)14-4-12(5-15(24)19(14)25)6-16-20-17(30-11-29-16)7-13(9-26)10-28-20/h4-5,7,10-11,18H,3,6,8H2,1-2H3,(H2,27,31)/t18-,22+,23-/m0/s1. The lowest BCUT2D eigenvalue weighted by molar-refractivity contribution is 0.376. The zero-order valence-electron chi connectivity index (χ0n) is 17.6. The van der Waals surface area contributed by atoms with E-state index in [1.54, 1.807) is 23.9 Å². The molecule has 1 aliphatic heterocycles. The number of hydrogen-bond acceptors (Lipinski definition) is 7. The number of benzene rings is 1. The number of halogens is 2. The van der Waals surface area contributed by atoms with E-state index in [9.17, 15) is 4.39 Å². The Morgan fingerprint density at radius 2 is 2.06 bits per heavy atom. The lowest BCUT2D eigenvalue weighted by Gasteiger charge is -2.34. The minimum atomic E-state index is -0.931. The van der Waals surface area contributed by atoms with Crippen molar-refractivity contribution in [2.75, 3.05) is 0 Å². The Bertz CT molecular complexity index is 1340. The maximum absolute atomic E-state index is 15.1. The SMILES string of the molecule is CC[C@]12C[C@H]1[C@@](C)(c1cc(Cc3ncnc4cc(C#N)cnc34)cc(F)c1F)N=C(N)S2. The highest BCUT2D eigenvalue weighted by Crippen LogP contribution is 2.67. The zero-order valence-corrected chi connectivity index (χ0v) is 18.4. The summed E-state index contributed by atoms with van der Waals surface area (Å²) >= 11 is 1.54. The summed E-state index contributed by atoms with van der Waals surface area (Å²) in [5.41, 5.74) is 7.95. The van der Waals surface area contributed by atoms with Crippen molar-refractivity contribution in [2.24, 2.45) is 16.6 Å². The van der Waals surface area contributed by atoms with E-state index < -0.39 is 17.2 Å². The Kier molecular flexibility index (Phi) is 4.67. The smallest absolute Gasteiger partial charge is 0.164 e. The summed E-state index contributed by atoms with van der Waals surface area (Å²) in [7, 11) is 0. The number of fused-ring (bicyclic) bond motifs is 2. The van der Waals surface area contributed by atoms with Gasteiger partial charge in [-0.15, -0.1) is 0 Å². The summed E-state index contributed by atoms with van der Waals surface area (Å²) in [6.45, 7) is 3.93. The number of aliphatic imine (C=N–C) groups is 1. The molecule has 0 bridgehead atoms. The maximum atomic E-state index is 15.1. The number of amidine groups is 1. The van der Waals surface area contributed by atoms with Crippen molar-refractivity contribution in [3.63, 3.8) is 0 Å². The van der Waals surface area contributed by atoms with E-state index in [-0.39, 0.29) is 22.6 Å². The average Bonchev–Trinajstić information content (AvgIpc) is 3.51. The van der Waals surface area contributed by atoms with Crippen molar-refractivity contribution >= 4 is 28.0 Å². The average molecular weight is 451 g/mol. The molecule has 0 amide bonds. The van der Waals surface area contributed by atoms with Gasteiger partial charge in [-0.2, -0.15) is 5.26 Å². The van der Waals surface area contributed by atoms with Crippen LogP contribution in [0.5, 0.6) is 0 Å². The van der Waals surface area contributed by atoms with Gasteiger partial charge in [0.1, 0.15) is 17.9 Å². The topological polar surface area (TPSA) is 101 Å². The molecule has 3 heterocycles. The molecule has 3 aromatic rings. The van der Waals surface area contributed by atoms with Gasteiger partial charge in [-0.1, -0.05) is 18.7 Å². The minimum absolute atomic E-state index is 0.0648. The van der Waals surface area contributed by atoms with Gasteiger partial charge in [0.05, 0.1) is 22.3 Å². The Morgan fingerprint density at radius 1 is 1.25 bits per heavy atom. The molecule has 2 aliphatic rings. The lowest BCUT2D eigenvalue weighted by atomic mass is 9.84. The molecule has 32 heavy (non-hydrogen) atoms. The van der Waals surface area contributed by atoms with E-state index in [2.05, 4.69) is 26.9 Å². The van der Waals surface area contributed by atoms with Gasteiger partial charge in [0.25, 0.3) is 0 Å². The first-order valence-corrected chi connectivity index (χ1v) is 11.1. The third-order valence-electron chi connectivity index (χ3n) is 6.64. The molecular formula is C23H20F2N6S. The van der Waals surface area contributed by atoms with Crippen molar-refractivity contribution < 1.29 is 8.78 Å².